The predicted molar refractivity (Wildman–Crippen MR) is 99.4 cm³/mol. The summed E-state index contributed by atoms with van der Waals surface area (Å²) in [7, 11) is 0. The molecular formula is C16H18N4O4S2. The van der Waals surface area contributed by atoms with Gasteiger partial charge in [0.15, 0.2) is 4.34 Å². The van der Waals surface area contributed by atoms with Crippen LogP contribution in [0.15, 0.2) is 28.6 Å². The van der Waals surface area contributed by atoms with Gasteiger partial charge >= 0.3 is 5.97 Å². The van der Waals surface area contributed by atoms with Crippen molar-refractivity contribution in [3.8, 4) is 0 Å². The van der Waals surface area contributed by atoms with E-state index in [9.17, 15) is 14.4 Å². The topological polar surface area (TPSA) is 110 Å². The maximum absolute atomic E-state index is 12.0. The van der Waals surface area contributed by atoms with Crippen LogP contribution in [0.3, 0.4) is 0 Å². The molecule has 8 nitrogen and oxygen atoms in total. The summed E-state index contributed by atoms with van der Waals surface area (Å²) in [4.78, 5) is 35.2. The van der Waals surface area contributed by atoms with Gasteiger partial charge in [0.25, 0.3) is 5.91 Å². The molecule has 0 saturated carbocycles. The van der Waals surface area contributed by atoms with Crippen LogP contribution in [0.1, 0.15) is 22.8 Å². The third kappa shape index (κ3) is 6.45. The minimum atomic E-state index is -0.413. The first kappa shape index (κ1) is 19.9. The number of carbonyl (C=O) groups is 3. The molecule has 1 aromatic heterocycles. The maximum atomic E-state index is 12.0. The summed E-state index contributed by atoms with van der Waals surface area (Å²) in [5.41, 5.74) is 1.45. The van der Waals surface area contributed by atoms with Gasteiger partial charge in [0.2, 0.25) is 11.0 Å². The SMILES string of the molecule is CCOC(=O)CSc1nnc(NC(=O)CNC(=O)c2cccc(C)c2)s1. The Morgan fingerprint density at radius 2 is 2.08 bits per heavy atom. The first-order chi connectivity index (χ1) is 12.5. The molecule has 0 aliphatic rings. The monoisotopic (exact) mass is 394 g/mol. The lowest BCUT2D eigenvalue weighted by Crippen LogP contribution is -2.32. The van der Waals surface area contributed by atoms with Gasteiger partial charge in [-0.05, 0) is 26.0 Å². The van der Waals surface area contributed by atoms with Crippen LogP contribution in [-0.4, -0.2) is 46.9 Å². The quantitative estimate of drug-likeness (QED) is 0.399. The number of amides is 2. The van der Waals surface area contributed by atoms with Gasteiger partial charge in [-0.15, -0.1) is 10.2 Å². The minimum absolute atomic E-state index is 0.128. The second-order valence-electron chi connectivity index (χ2n) is 5.07. The first-order valence-electron chi connectivity index (χ1n) is 7.74. The summed E-state index contributed by atoms with van der Waals surface area (Å²) < 4.78 is 5.36. The van der Waals surface area contributed by atoms with Gasteiger partial charge in [-0.25, -0.2) is 0 Å². The van der Waals surface area contributed by atoms with Crippen LogP contribution in [0, 0.1) is 6.92 Å². The molecule has 2 N–H and O–H groups in total. The van der Waals surface area contributed by atoms with Gasteiger partial charge in [-0.3, -0.25) is 19.7 Å². The Labute approximate surface area is 158 Å². The van der Waals surface area contributed by atoms with Crippen molar-refractivity contribution in [2.45, 2.75) is 18.2 Å². The molecular weight excluding hydrogens is 376 g/mol. The number of anilines is 1. The van der Waals surface area contributed by atoms with Crippen molar-refractivity contribution >= 4 is 46.0 Å². The molecule has 0 aliphatic carbocycles. The summed E-state index contributed by atoms with van der Waals surface area (Å²) in [5, 5.41) is 13.1. The Hall–Kier alpha value is -2.46. The Balaban J connectivity index is 1.77. The number of nitrogens with one attached hydrogen (secondary N) is 2. The predicted octanol–water partition coefficient (Wildman–Crippen LogP) is 1.87. The van der Waals surface area contributed by atoms with Crippen LogP contribution in [0.2, 0.25) is 0 Å². The van der Waals surface area contributed by atoms with Crippen LogP contribution < -0.4 is 10.6 Å². The molecule has 10 heteroatoms. The fourth-order valence-electron chi connectivity index (χ4n) is 1.85. The highest BCUT2D eigenvalue weighted by Crippen LogP contribution is 2.25. The third-order valence-corrected chi connectivity index (χ3v) is 4.91. The summed E-state index contributed by atoms with van der Waals surface area (Å²) >= 11 is 2.32. The van der Waals surface area contributed by atoms with E-state index >= 15 is 0 Å². The van der Waals surface area contributed by atoms with Crippen molar-refractivity contribution in [2.75, 3.05) is 24.2 Å². The first-order valence-corrected chi connectivity index (χ1v) is 9.54. The minimum Gasteiger partial charge on any atom is -0.465 e. The van der Waals surface area contributed by atoms with Crippen LogP contribution in [0.5, 0.6) is 0 Å². The molecule has 0 unspecified atom stereocenters. The summed E-state index contributed by atoms with van der Waals surface area (Å²) in [6, 6.07) is 7.08. The summed E-state index contributed by atoms with van der Waals surface area (Å²) in [6.45, 7) is 3.76. The maximum Gasteiger partial charge on any atom is 0.316 e. The fourth-order valence-corrected chi connectivity index (χ4v) is 3.42. The Kier molecular flexibility index (Phi) is 7.54. The number of benzene rings is 1. The highest BCUT2D eigenvalue weighted by atomic mass is 32.2. The van der Waals surface area contributed by atoms with E-state index in [0.717, 1.165) is 16.9 Å². The van der Waals surface area contributed by atoms with Crippen molar-refractivity contribution in [1.29, 1.82) is 0 Å². The second kappa shape index (κ2) is 9.88. The lowest BCUT2D eigenvalue weighted by Gasteiger charge is -2.05. The van der Waals surface area contributed by atoms with Gasteiger partial charge < -0.3 is 10.1 Å². The molecule has 0 radical (unpaired) electrons. The standard InChI is InChI=1S/C16H18N4O4S2/c1-3-24-13(22)9-25-16-20-19-15(26-16)18-12(21)8-17-14(23)11-6-4-5-10(2)7-11/h4-7H,3,8-9H2,1-2H3,(H,17,23)(H,18,19,21). The molecule has 1 aromatic carbocycles. The van der Waals surface area contributed by atoms with E-state index in [4.69, 9.17) is 4.74 Å². The molecule has 2 rings (SSSR count). The zero-order chi connectivity index (χ0) is 18.9. The van der Waals surface area contributed by atoms with Crippen molar-refractivity contribution in [3.05, 3.63) is 35.4 Å². The largest absolute Gasteiger partial charge is 0.465 e. The average Bonchev–Trinajstić information content (AvgIpc) is 3.05. The number of hydrogen-bond acceptors (Lipinski definition) is 8. The van der Waals surface area contributed by atoms with Gasteiger partial charge in [-0.1, -0.05) is 40.8 Å². The van der Waals surface area contributed by atoms with Gasteiger partial charge in [0.1, 0.15) is 0 Å². The van der Waals surface area contributed by atoms with Crippen LogP contribution in [0.4, 0.5) is 5.13 Å². The molecule has 2 aromatic rings. The molecule has 0 fully saturated rings. The number of thioether (sulfide) groups is 1. The van der Waals surface area contributed by atoms with Crippen molar-refractivity contribution in [2.24, 2.45) is 0 Å². The zero-order valence-corrected chi connectivity index (χ0v) is 15.9. The van der Waals surface area contributed by atoms with E-state index in [2.05, 4.69) is 20.8 Å². The summed E-state index contributed by atoms with van der Waals surface area (Å²) in [6.07, 6.45) is 0. The number of carbonyl (C=O) groups excluding carboxylic acids is 3. The lowest BCUT2D eigenvalue weighted by molar-refractivity contribution is -0.139. The van der Waals surface area contributed by atoms with E-state index in [1.54, 1.807) is 25.1 Å². The van der Waals surface area contributed by atoms with Crippen molar-refractivity contribution in [1.82, 2.24) is 15.5 Å². The number of ether oxygens (including phenoxy) is 1. The van der Waals surface area contributed by atoms with E-state index in [1.165, 1.54) is 11.8 Å². The molecule has 0 spiro atoms. The van der Waals surface area contributed by atoms with Crippen LogP contribution >= 0.6 is 23.1 Å². The zero-order valence-electron chi connectivity index (χ0n) is 14.3. The van der Waals surface area contributed by atoms with E-state index in [1.807, 2.05) is 13.0 Å². The number of rotatable bonds is 8. The number of aromatic nitrogens is 2. The molecule has 1 heterocycles. The fraction of sp³-hybridized carbons (Fsp3) is 0.312. The van der Waals surface area contributed by atoms with E-state index in [-0.39, 0.29) is 24.2 Å². The van der Waals surface area contributed by atoms with E-state index in [0.29, 0.717) is 21.6 Å². The number of aryl methyl sites for hydroxylation is 1. The normalized spacial score (nSPS) is 10.2. The second-order valence-corrected chi connectivity index (χ2v) is 7.27. The van der Waals surface area contributed by atoms with Gasteiger partial charge in [0, 0.05) is 5.56 Å². The Morgan fingerprint density at radius 1 is 1.27 bits per heavy atom. The molecule has 0 saturated heterocycles. The molecule has 2 amide bonds. The smallest absolute Gasteiger partial charge is 0.316 e. The molecule has 138 valence electrons. The van der Waals surface area contributed by atoms with Gasteiger partial charge in [0.05, 0.1) is 18.9 Å². The lowest BCUT2D eigenvalue weighted by atomic mass is 10.1. The van der Waals surface area contributed by atoms with Crippen molar-refractivity contribution < 1.29 is 19.1 Å². The number of nitrogens with zero attached hydrogens (tertiary/aromatic N) is 2. The molecule has 0 aliphatic heterocycles. The van der Waals surface area contributed by atoms with E-state index < -0.39 is 5.91 Å². The van der Waals surface area contributed by atoms with Crippen molar-refractivity contribution in [3.63, 3.8) is 0 Å². The Bertz CT molecular complexity index is 794. The molecule has 0 atom stereocenters. The number of hydrogen-bond donors (Lipinski definition) is 2. The van der Waals surface area contributed by atoms with Gasteiger partial charge in [-0.2, -0.15) is 0 Å². The Morgan fingerprint density at radius 3 is 2.81 bits per heavy atom. The van der Waals surface area contributed by atoms with Crippen LogP contribution in [-0.2, 0) is 14.3 Å². The highest BCUT2D eigenvalue weighted by molar-refractivity contribution is 8.01. The average molecular weight is 394 g/mol. The molecule has 26 heavy (non-hydrogen) atoms. The van der Waals surface area contributed by atoms with Crippen LogP contribution in [0.25, 0.3) is 0 Å². The summed E-state index contributed by atoms with van der Waals surface area (Å²) in [5.74, 6) is -0.948. The third-order valence-electron chi connectivity index (χ3n) is 2.96. The molecule has 0 bridgehead atoms. The highest BCUT2D eigenvalue weighted by Gasteiger charge is 2.12. The number of esters is 1.